The Hall–Kier alpha value is -0.900. The molecule has 1 atom stereocenters. The summed E-state index contributed by atoms with van der Waals surface area (Å²) in [6.07, 6.45) is 2.38. The third-order valence-corrected chi connectivity index (χ3v) is 3.63. The van der Waals surface area contributed by atoms with Gasteiger partial charge in [0.25, 0.3) is 0 Å². The second kappa shape index (κ2) is 6.70. The summed E-state index contributed by atoms with van der Waals surface area (Å²) in [7, 11) is 0. The maximum atomic E-state index is 6.04. The van der Waals surface area contributed by atoms with E-state index in [1.165, 1.54) is 0 Å². The number of fused-ring (bicyclic) bond motifs is 1. The Kier molecular flexibility index (Phi) is 5.19. The van der Waals surface area contributed by atoms with Gasteiger partial charge in [0.1, 0.15) is 12.4 Å². The van der Waals surface area contributed by atoms with Gasteiger partial charge in [0.05, 0.1) is 12.7 Å². The number of rotatable bonds is 2. The van der Waals surface area contributed by atoms with E-state index in [1.54, 1.807) is 0 Å². The number of nitrogens with two attached hydrogens (primary N) is 1. The Morgan fingerprint density at radius 1 is 1.45 bits per heavy atom. The van der Waals surface area contributed by atoms with Gasteiger partial charge in [-0.1, -0.05) is 0 Å². The second-order valence-electron chi connectivity index (χ2n) is 5.09. The van der Waals surface area contributed by atoms with Crippen LogP contribution in [0, 0.1) is 0 Å². The average molecular weight is 392 g/mol. The van der Waals surface area contributed by atoms with E-state index in [9.17, 15) is 0 Å². The first-order valence-corrected chi connectivity index (χ1v) is 6.81. The molecule has 0 aliphatic carbocycles. The molecule has 1 aromatic heterocycles. The zero-order chi connectivity index (χ0) is 13.2. The minimum atomic E-state index is 0. The highest BCUT2D eigenvalue weighted by molar-refractivity contribution is 14.0. The van der Waals surface area contributed by atoms with Gasteiger partial charge < -0.3 is 19.9 Å². The predicted molar refractivity (Wildman–Crippen MR) is 86.1 cm³/mol. The molecular weight excluding hydrogens is 371 g/mol. The SMILES string of the molecule is CC1CN(C(N)=NCc2nnc3n2CCC3)CCO1.I. The van der Waals surface area contributed by atoms with Crippen molar-refractivity contribution in [3.63, 3.8) is 0 Å². The van der Waals surface area contributed by atoms with Crippen LogP contribution in [0.15, 0.2) is 4.99 Å². The molecule has 0 saturated carbocycles. The molecule has 2 aliphatic heterocycles. The molecule has 0 amide bonds. The maximum absolute atomic E-state index is 6.04. The van der Waals surface area contributed by atoms with E-state index in [4.69, 9.17) is 10.5 Å². The first-order chi connectivity index (χ1) is 9.24. The van der Waals surface area contributed by atoms with Crippen molar-refractivity contribution in [1.82, 2.24) is 19.7 Å². The van der Waals surface area contributed by atoms with Crippen molar-refractivity contribution in [1.29, 1.82) is 0 Å². The average Bonchev–Trinajstić information content (AvgIpc) is 2.99. The number of aliphatic imine (C=N–C) groups is 1. The summed E-state index contributed by atoms with van der Waals surface area (Å²) in [4.78, 5) is 6.51. The number of halogens is 1. The van der Waals surface area contributed by atoms with Gasteiger partial charge in [-0.15, -0.1) is 34.2 Å². The largest absolute Gasteiger partial charge is 0.375 e. The molecule has 3 rings (SSSR count). The number of hydrogen-bond acceptors (Lipinski definition) is 4. The van der Waals surface area contributed by atoms with Crippen LogP contribution in [0.3, 0.4) is 0 Å². The van der Waals surface area contributed by atoms with Crippen LogP contribution in [0.4, 0.5) is 0 Å². The van der Waals surface area contributed by atoms with Gasteiger partial charge in [0.15, 0.2) is 11.8 Å². The third kappa shape index (κ3) is 3.22. The summed E-state index contributed by atoms with van der Waals surface area (Å²) in [5, 5.41) is 8.35. The first kappa shape index (κ1) is 15.5. The number of nitrogens with zero attached hydrogens (tertiary/aromatic N) is 5. The molecule has 1 unspecified atom stereocenters. The lowest BCUT2D eigenvalue weighted by atomic mass is 10.3. The Balaban J connectivity index is 0.00000147. The van der Waals surface area contributed by atoms with Crippen molar-refractivity contribution in [3.8, 4) is 0 Å². The minimum absolute atomic E-state index is 0. The van der Waals surface area contributed by atoms with Gasteiger partial charge in [0, 0.05) is 26.1 Å². The Labute approximate surface area is 135 Å². The van der Waals surface area contributed by atoms with Crippen molar-refractivity contribution in [2.75, 3.05) is 19.7 Å². The fraction of sp³-hybridized carbons (Fsp3) is 0.750. The number of hydrogen-bond donors (Lipinski definition) is 1. The molecule has 2 aliphatic rings. The van der Waals surface area contributed by atoms with Crippen LogP contribution in [0.5, 0.6) is 0 Å². The number of guanidine groups is 1. The molecule has 1 aromatic rings. The minimum Gasteiger partial charge on any atom is -0.375 e. The maximum Gasteiger partial charge on any atom is 0.191 e. The topological polar surface area (TPSA) is 81.6 Å². The molecule has 0 radical (unpaired) electrons. The molecule has 8 heteroatoms. The highest BCUT2D eigenvalue weighted by Crippen LogP contribution is 2.14. The highest BCUT2D eigenvalue weighted by atomic mass is 127. The van der Waals surface area contributed by atoms with Gasteiger partial charge >= 0.3 is 0 Å². The molecule has 20 heavy (non-hydrogen) atoms. The van der Waals surface area contributed by atoms with Gasteiger partial charge in [0.2, 0.25) is 0 Å². The van der Waals surface area contributed by atoms with Crippen LogP contribution in [0.1, 0.15) is 25.0 Å². The molecule has 3 heterocycles. The van der Waals surface area contributed by atoms with Crippen LogP contribution in [-0.2, 0) is 24.2 Å². The number of ether oxygens (including phenoxy) is 1. The van der Waals surface area contributed by atoms with E-state index in [-0.39, 0.29) is 30.1 Å². The van der Waals surface area contributed by atoms with Crippen molar-refractivity contribution in [2.45, 2.75) is 39.0 Å². The van der Waals surface area contributed by atoms with Crippen molar-refractivity contribution < 1.29 is 4.74 Å². The van der Waals surface area contributed by atoms with E-state index in [2.05, 4.69) is 24.7 Å². The van der Waals surface area contributed by atoms with E-state index in [0.717, 1.165) is 44.1 Å². The zero-order valence-electron chi connectivity index (χ0n) is 11.7. The summed E-state index contributed by atoms with van der Waals surface area (Å²) in [5.41, 5.74) is 6.04. The smallest absolute Gasteiger partial charge is 0.191 e. The molecule has 0 spiro atoms. The number of aromatic nitrogens is 3. The normalized spacial score (nSPS) is 22.6. The molecule has 0 aromatic carbocycles. The van der Waals surface area contributed by atoms with Crippen LogP contribution in [-0.4, -0.2) is 51.4 Å². The summed E-state index contributed by atoms with van der Waals surface area (Å²) >= 11 is 0. The molecule has 2 N–H and O–H groups in total. The fourth-order valence-corrected chi connectivity index (χ4v) is 2.61. The van der Waals surface area contributed by atoms with E-state index in [0.29, 0.717) is 19.1 Å². The lowest BCUT2D eigenvalue weighted by molar-refractivity contribution is 0.00528. The highest BCUT2D eigenvalue weighted by Gasteiger charge is 2.19. The molecular formula is C12H21IN6O. The summed E-state index contributed by atoms with van der Waals surface area (Å²) in [6, 6.07) is 0. The van der Waals surface area contributed by atoms with Gasteiger partial charge in [-0.2, -0.15) is 0 Å². The third-order valence-electron chi connectivity index (χ3n) is 3.63. The molecule has 112 valence electrons. The Morgan fingerprint density at radius 3 is 3.10 bits per heavy atom. The number of morpholine rings is 1. The molecule has 7 nitrogen and oxygen atoms in total. The molecule has 0 bridgehead atoms. The van der Waals surface area contributed by atoms with Crippen LogP contribution >= 0.6 is 24.0 Å². The van der Waals surface area contributed by atoms with E-state index < -0.39 is 0 Å². The van der Waals surface area contributed by atoms with Gasteiger partial charge in [-0.05, 0) is 13.3 Å². The second-order valence-corrected chi connectivity index (χ2v) is 5.09. The standard InChI is InChI=1S/C12H20N6O.HI/c1-9-8-17(5-6-19-9)12(13)14-7-11-16-15-10-3-2-4-18(10)11;/h9H,2-8H2,1H3,(H2,13,14);1H. The van der Waals surface area contributed by atoms with Crippen molar-refractivity contribution >= 4 is 29.9 Å². The first-order valence-electron chi connectivity index (χ1n) is 6.81. The monoisotopic (exact) mass is 392 g/mol. The van der Waals surface area contributed by atoms with Crippen LogP contribution in [0.2, 0.25) is 0 Å². The Bertz CT molecular complexity index is 488. The fourth-order valence-electron chi connectivity index (χ4n) is 2.61. The molecule has 1 saturated heterocycles. The zero-order valence-corrected chi connectivity index (χ0v) is 14.0. The van der Waals surface area contributed by atoms with Crippen LogP contribution < -0.4 is 5.73 Å². The molecule has 1 fully saturated rings. The van der Waals surface area contributed by atoms with E-state index in [1.807, 2.05) is 6.92 Å². The summed E-state index contributed by atoms with van der Waals surface area (Å²) in [6.45, 7) is 5.86. The van der Waals surface area contributed by atoms with Crippen LogP contribution in [0.25, 0.3) is 0 Å². The lowest BCUT2D eigenvalue weighted by Gasteiger charge is -2.31. The van der Waals surface area contributed by atoms with Gasteiger partial charge in [-0.3, -0.25) is 0 Å². The lowest BCUT2D eigenvalue weighted by Crippen LogP contribution is -2.47. The number of aryl methyl sites for hydroxylation is 1. The predicted octanol–water partition coefficient (Wildman–Crippen LogP) is 0.378. The van der Waals surface area contributed by atoms with E-state index >= 15 is 0 Å². The quantitative estimate of drug-likeness (QED) is 0.447. The van der Waals surface area contributed by atoms with Crippen molar-refractivity contribution in [2.24, 2.45) is 10.7 Å². The summed E-state index contributed by atoms with van der Waals surface area (Å²) in [5.74, 6) is 2.56. The van der Waals surface area contributed by atoms with Gasteiger partial charge in [-0.25, -0.2) is 4.99 Å². The van der Waals surface area contributed by atoms with Crippen molar-refractivity contribution in [3.05, 3.63) is 11.6 Å². The summed E-state index contributed by atoms with van der Waals surface area (Å²) < 4.78 is 7.64. The Morgan fingerprint density at radius 2 is 2.30 bits per heavy atom.